The zero-order valence-corrected chi connectivity index (χ0v) is 19.0. The van der Waals surface area contributed by atoms with E-state index >= 15 is 0 Å². The van der Waals surface area contributed by atoms with Crippen molar-refractivity contribution < 1.29 is 17.9 Å². The van der Waals surface area contributed by atoms with Crippen molar-refractivity contribution in [3.05, 3.63) is 44.8 Å². The Labute approximate surface area is 180 Å². The first-order chi connectivity index (χ1) is 14.1. The van der Waals surface area contributed by atoms with Crippen LogP contribution in [0.15, 0.2) is 28.0 Å². The molecule has 3 rings (SSSR count). The summed E-state index contributed by atoms with van der Waals surface area (Å²) in [6.45, 7) is 7.49. The molecule has 30 heavy (non-hydrogen) atoms. The number of benzene rings is 1. The Balaban J connectivity index is 2.21. The number of halogens is 1. The Morgan fingerprint density at radius 1 is 1.33 bits per heavy atom. The van der Waals surface area contributed by atoms with Crippen molar-refractivity contribution >= 4 is 32.9 Å². The first-order valence-electron chi connectivity index (χ1n) is 9.77. The highest BCUT2D eigenvalue weighted by molar-refractivity contribution is 7.90. The number of hydrogen-bond acceptors (Lipinski definition) is 6. The van der Waals surface area contributed by atoms with Crippen molar-refractivity contribution in [3.63, 3.8) is 0 Å². The summed E-state index contributed by atoms with van der Waals surface area (Å²) in [7, 11) is -3.62. The molecule has 0 spiro atoms. The van der Waals surface area contributed by atoms with Crippen molar-refractivity contribution in [3.8, 4) is 0 Å². The number of carbonyl (C=O) groups excluding carboxylic acids is 1. The number of ketones is 1. The van der Waals surface area contributed by atoms with E-state index in [1.807, 2.05) is 18.7 Å². The maximum Gasteiger partial charge on any atom is 0.277 e. The Morgan fingerprint density at radius 2 is 2.03 bits per heavy atom. The fourth-order valence-corrected chi connectivity index (χ4v) is 4.99. The van der Waals surface area contributed by atoms with E-state index in [-0.39, 0.29) is 33.0 Å². The number of ether oxygens (including phenoxy) is 1. The van der Waals surface area contributed by atoms with Gasteiger partial charge in [0.1, 0.15) is 5.56 Å². The Hall–Kier alpha value is -2.10. The van der Waals surface area contributed by atoms with Gasteiger partial charge in [-0.2, -0.15) is 0 Å². The van der Waals surface area contributed by atoms with Crippen LogP contribution in [-0.4, -0.2) is 56.0 Å². The van der Waals surface area contributed by atoms with Crippen LogP contribution in [-0.2, 0) is 21.1 Å². The molecule has 0 aliphatic carbocycles. The fraction of sp³-hybridized carbons (Fsp3) is 0.500. The molecule has 1 aliphatic heterocycles. The fourth-order valence-electron chi connectivity index (χ4n) is 3.69. The molecule has 1 aromatic heterocycles. The van der Waals surface area contributed by atoms with Gasteiger partial charge in [-0.15, -0.1) is 0 Å². The lowest BCUT2D eigenvalue weighted by atomic mass is 9.99. The summed E-state index contributed by atoms with van der Waals surface area (Å²) in [5.74, 6) is -0.390. The molecule has 1 aromatic carbocycles. The quantitative estimate of drug-likeness (QED) is 0.671. The first-order valence-corrected chi connectivity index (χ1v) is 12.0. The van der Waals surface area contributed by atoms with Crippen molar-refractivity contribution in [2.75, 3.05) is 30.9 Å². The number of morpholine rings is 1. The second kappa shape index (κ2) is 8.56. The highest BCUT2D eigenvalue weighted by atomic mass is 35.5. The normalized spacial score (nSPS) is 17.5. The van der Waals surface area contributed by atoms with Crippen LogP contribution in [0.1, 0.15) is 36.7 Å². The van der Waals surface area contributed by atoms with Gasteiger partial charge < -0.3 is 14.7 Å². The first kappa shape index (κ1) is 22.6. The third-order valence-electron chi connectivity index (χ3n) is 5.35. The number of carbonyl (C=O) groups is 1. The molecule has 1 saturated heterocycles. The monoisotopic (exact) mass is 455 g/mol. The van der Waals surface area contributed by atoms with Gasteiger partial charge in [0.25, 0.3) is 5.56 Å². The van der Waals surface area contributed by atoms with Crippen molar-refractivity contribution in [1.82, 2.24) is 9.78 Å². The van der Waals surface area contributed by atoms with Crippen LogP contribution in [0.25, 0.3) is 0 Å². The number of H-pyrrole nitrogens is 1. The molecule has 1 fully saturated rings. The van der Waals surface area contributed by atoms with Crippen molar-refractivity contribution in [1.29, 1.82) is 0 Å². The van der Waals surface area contributed by atoms with E-state index in [4.69, 9.17) is 16.3 Å². The van der Waals surface area contributed by atoms with Gasteiger partial charge >= 0.3 is 0 Å². The molecule has 0 amide bonds. The Bertz CT molecular complexity index is 1120. The molecule has 1 aliphatic rings. The summed E-state index contributed by atoms with van der Waals surface area (Å²) in [6.07, 6.45) is 2.46. The van der Waals surface area contributed by atoms with Gasteiger partial charge in [0, 0.05) is 31.1 Å². The standard InChI is InChI=1S/C20H26ClN3O5S/c1-5-24-20(26)14(10-22-24)19(25)13-6-7-16(30(4,27)28)18(17(13)21)23-8-9-29-11-15(23)12(2)3/h6-7,10,12,15,22H,5,8-9,11H2,1-4H3. The van der Waals surface area contributed by atoms with Crippen LogP contribution in [0.5, 0.6) is 0 Å². The highest BCUT2D eigenvalue weighted by Gasteiger charge is 2.33. The number of hydrogen-bond donors (Lipinski definition) is 1. The Kier molecular flexibility index (Phi) is 6.45. The largest absolute Gasteiger partial charge is 0.377 e. The summed E-state index contributed by atoms with van der Waals surface area (Å²) in [6, 6.07) is 2.66. The minimum absolute atomic E-state index is 0.0270. The zero-order chi connectivity index (χ0) is 22.2. The van der Waals surface area contributed by atoms with Gasteiger partial charge in [-0.05, 0) is 25.0 Å². The minimum atomic E-state index is -3.62. The van der Waals surface area contributed by atoms with Gasteiger partial charge in [-0.3, -0.25) is 14.3 Å². The van der Waals surface area contributed by atoms with E-state index in [1.54, 1.807) is 6.92 Å². The van der Waals surface area contributed by atoms with Crippen LogP contribution < -0.4 is 10.5 Å². The number of sulfone groups is 1. The lowest BCUT2D eigenvalue weighted by molar-refractivity contribution is 0.0804. The van der Waals surface area contributed by atoms with E-state index in [9.17, 15) is 18.0 Å². The summed E-state index contributed by atoms with van der Waals surface area (Å²) < 4.78 is 31.9. The van der Waals surface area contributed by atoms with E-state index < -0.39 is 21.2 Å². The summed E-state index contributed by atoms with van der Waals surface area (Å²) in [4.78, 5) is 27.5. The summed E-state index contributed by atoms with van der Waals surface area (Å²) in [5.41, 5.74) is -0.108. The topological polar surface area (TPSA) is 101 Å². The molecular formula is C20H26ClN3O5S. The molecule has 1 atom stereocenters. The van der Waals surface area contributed by atoms with Gasteiger partial charge in [-0.1, -0.05) is 25.4 Å². The number of nitrogens with one attached hydrogen (secondary N) is 1. The van der Waals surface area contributed by atoms with Crippen molar-refractivity contribution in [2.45, 2.75) is 38.3 Å². The number of nitrogens with zero attached hydrogens (tertiary/aromatic N) is 2. The molecule has 2 aromatic rings. The maximum atomic E-state index is 13.1. The lowest BCUT2D eigenvalue weighted by Crippen LogP contribution is -2.49. The Morgan fingerprint density at radius 3 is 2.60 bits per heavy atom. The molecule has 0 radical (unpaired) electrons. The van der Waals surface area contributed by atoms with Crippen LogP contribution in [0.4, 0.5) is 5.69 Å². The second-order valence-electron chi connectivity index (χ2n) is 7.69. The molecule has 1 N–H and O–H groups in total. The van der Waals surface area contributed by atoms with E-state index in [0.717, 1.165) is 6.26 Å². The predicted octanol–water partition coefficient (Wildman–Crippen LogP) is 2.35. The molecule has 1 unspecified atom stereocenters. The number of anilines is 1. The number of aromatic amines is 1. The molecular weight excluding hydrogens is 430 g/mol. The number of aromatic nitrogens is 2. The predicted molar refractivity (Wildman–Crippen MR) is 116 cm³/mol. The summed E-state index contributed by atoms with van der Waals surface area (Å²) in [5, 5.41) is 2.77. The van der Waals surface area contributed by atoms with E-state index in [0.29, 0.717) is 32.0 Å². The van der Waals surface area contributed by atoms with E-state index in [1.165, 1.54) is 23.0 Å². The van der Waals surface area contributed by atoms with Gasteiger partial charge in [-0.25, -0.2) is 8.42 Å². The number of aryl methyl sites for hydroxylation is 1. The molecule has 164 valence electrons. The van der Waals surface area contributed by atoms with E-state index in [2.05, 4.69) is 5.10 Å². The second-order valence-corrected chi connectivity index (χ2v) is 10.1. The molecule has 2 heterocycles. The van der Waals surface area contributed by atoms with Gasteiger partial charge in [0.15, 0.2) is 9.84 Å². The number of rotatable bonds is 6. The molecule has 0 saturated carbocycles. The molecule has 0 bridgehead atoms. The van der Waals surface area contributed by atoms with Gasteiger partial charge in [0.2, 0.25) is 5.78 Å². The van der Waals surface area contributed by atoms with Crippen molar-refractivity contribution in [2.24, 2.45) is 5.92 Å². The molecule has 10 heteroatoms. The minimum Gasteiger partial charge on any atom is -0.377 e. The average molecular weight is 456 g/mol. The smallest absolute Gasteiger partial charge is 0.277 e. The third-order valence-corrected chi connectivity index (χ3v) is 6.86. The zero-order valence-electron chi connectivity index (χ0n) is 17.4. The summed E-state index contributed by atoms with van der Waals surface area (Å²) >= 11 is 6.67. The van der Waals surface area contributed by atoms with Crippen LogP contribution in [0, 0.1) is 5.92 Å². The average Bonchev–Trinajstić information content (AvgIpc) is 3.06. The SMILES string of the molecule is CCn1[nH]cc(C(=O)c2ccc(S(C)(=O)=O)c(N3CCOCC3C(C)C)c2Cl)c1=O. The van der Waals surface area contributed by atoms with Crippen LogP contribution in [0.2, 0.25) is 5.02 Å². The van der Waals surface area contributed by atoms with Crippen LogP contribution in [0.3, 0.4) is 0 Å². The lowest BCUT2D eigenvalue weighted by Gasteiger charge is -2.41. The third kappa shape index (κ3) is 4.06. The van der Waals surface area contributed by atoms with Gasteiger partial charge in [0.05, 0.1) is 34.9 Å². The highest BCUT2D eigenvalue weighted by Crippen LogP contribution is 2.39. The molecule has 8 nitrogen and oxygen atoms in total. The van der Waals surface area contributed by atoms with Crippen LogP contribution >= 0.6 is 11.6 Å². The maximum absolute atomic E-state index is 13.1.